The van der Waals surface area contributed by atoms with Crippen molar-refractivity contribution in [3.63, 3.8) is 0 Å². The second-order valence-corrected chi connectivity index (χ2v) is 6.65. The molecule has 0 aliphatic heterocycles. The zero-order chi connectivity index (χ0) is 23.9. The number of carbonyl (C=O) groups excluding carboxylic acids is 1. The zero-order valence-electron chi connectivity index (χ0n) is 17.1. The van der Waals surface area contributed by atoms with Gasteiger partial charge >= 0.3 is 6.18 Å². The highest BCUT2D eigenvalue weighted by Gasteiger charge is 2.31. The van der Waals surface area contributed by atoms with Crippen LogP contribution in [0.15, 0.2) is 36.4 Å². The number of carbonyl (C=O) groups is 1. The smallest absolute Gasteiger partial charge is 0.392 e. The zero-order valence-corrected chi connectivity index (χ0v) is 17.1. The van der Waals surface area contributed by atoms with Crippen LogP contribution in [0.3, 0.4) is 0 Å². The summed E-state index contributed by atoms with van der Waals surface area (Å²) in [5.41, 5.74) is 5.73. The number of rotatable bonds is 10. The van der Waals surface area contributed by atoms with Crippen LogP contribution in [0.1, 0.15) is 36.1 Å². The van der Waals surface area contributed by atoms with Crippen molar-refractivity contribution in [1.29, 1.82) is 5.41 Å². The summed E-state index contributed by atoms with van der Waals surface area (Å²) < 4.78 is 76.2. The van der Waals surface area contributed by atoms with E-state index in [1.54, 1.807) is 24.3 Å². The number of ether oxygens (including phenoxy) is 2. The first kappa shape index (κ1) is 25.1. The number of halogens is 5. The second kappa shape index (κ2) is 10.9. The molecule has 0 bridgehead atoms. The molecule has 0 aromatic heterocycles. The predicted molar refractivity (Wildman–Crippen MR) is 106 cm³/mol. The molecule has 6 nitrogen and oxygen atoms in total. The van der Waals surface area contributed by atoms with Gasteiger partial charge in [0.25, 0.3) is 5.91 Å². The van der Waals surface area contributed by atoms with Crippen LogP contribution in [0.5, 0.6) is 5.75 Å². The van der Waals surface area contributed by atoms with Crippen LogP contribution in [0.25, 0.3) is 0 Å². The third-order valence-corrected chi connectivity index (χ3v) is 4.30. The number of nitrogens with one attached hydrogen (secondary N) is 2. The molecule has 0 radical (unpaired) electrons. The lowest BCUT2D eigenvalue weighted by Crippen LogP contribution is -2.32. The summed E-state index contributed by atoms with van der Waals surface area (Å²) in [5.74, 6) is -4.02. The predicted octanol–water partition coefficient (Wildman–Crippen LogP) is 3.97. The monoisotopic (exact) mass is 459 g/mol. The Morgan fingerprint density at radius 3 is 2.38 bits per heavy atom. The first-order chi connectivity index (χ1) is 15.0. The van der Waals surface area contributed by atoms with Crippen molar-refractivity contribution in [3.8, 4) is 5.75 Å². The summed E-state index contributed by atoms with van der Waals surface area (Å²) in [5, 5.41) is 9.85. The molecule has 32 heavy (non-hydrogen) atoms. The fourth-order valence-corrected chi connectivity index (χ4v) is 2.72. The van der Waals surface area contributed by atoms with Gasteiger partial charge in [-0.25, -0.2) is 8.78 Å². The molecule has 0 aliphatic carbocycles. The van der Waals surface area contributed by atoms with Gasteiger partial charge in [-0.3, -0.25) is 10.2 Å². The van der Waals surface area contributed by atoms with Crippen LogP contribution >= 0.6 is 0 Å². The molecule has 174 valence electrons. The molecule has 0 fully saturated rings. The third-order valence-electron chi connectivity index (χ3n) is 4.30. The number of benzene rings is 2. The number of hydrogen-bond donors (Lipinski definition) is 3. The van der Waals surface area contributed by atoms with Crippen molar-refractivity contribution in [2.75, 3.05) is 13.2 Å². The van der Waals surface area contributed by atoms with Crippen molar-refractivity contribution >= 4 is 11.7 Å². The number of amides is 1. The Morgan fingerprint density at radius 2 is 1.81 bits per heavy atom. The maximum atomic E-state index is 14.8. The summed E-state index contributed by atoms with van der Waals surface area (Å²) in [6, 6.07) is 8.02. The highest BCUT2D eigenvalue weighted by atomic mass is 19.4. The summed E-state index contributed by atoms with van der Waals surface area (Å²) in [7, 11) is 0. The molecule has 0 saturated carbocycles. The van der Waals surface area contributed by atoms with Gasteiger partial charge in [-0.2, -0.15) is 13.2 Å². The van der Waals surface area contributed by atoms with Gasteiger partial charge in [0.15, 0.2) is 17.7 Å². The van der Waals surface area contributed by atoms with Crippen molar-refractivity contribution in [1.82, 2.24) is 5.32 Å². The molecule has 4 N–H and O–H groups in total. The van der Waals surface area contributed by atoms with Crippen LogP contribution in [0.2, 0.25) is 0 Å². The molecule has 0 aliphatic rings. The van der Waals surface area contributed by atoms with Crippen molar-refractivity contribution in [3.05, 3.63) is 64.7 Å². The minimum absolute atomic E-state index is 0.00833. The number of nitrogens with two attached hydrogens (primary N) is 1. The van der Waals surface area contributed by atoms with Gasteiger partial charge in [-0.15, -0.1) is 0 Å². The van der Waals surface area contributed by atoms with Crippen molar-refractivity contribution in [2.24, 2.45) is 5.73 Å². The molecular formula is C21H22F5N3O3. The van der Waals surface area contributed by atoms with Gasteiger partial charge in [-0.05, 0) is 24.6 Å². The molecule has 11 heteroatoms. The van der Waals surface area contributed by atoms with E-state index in [0.717, 1.165) is 12.1 Å². The summed E-state index contributed by atoms with van der Waals surface area (Å²) in [6.07, 6.45) is -7.52. The van der Waals surface area contributed by atoms with Gasteiger partial charge in [-0.1, -0.05) is 24.3 Å². The first-order valence-electron chi connectivity index (χ1n) is 9.53. The van der Waals surface area contributed by atoms with Gasteiger partial charge < -0.3 is 20.5 Å². The summed E-state index contributed by atoms with van der Waals surface area (Å²) in [6.45, 7) is 0.572. The molecule has 2 rings (SSSR count). The SMILES string of the molecule is CCO[C@H](C(=O)NCc1ccc(C(=N)N)cc1)c1c(F)ccc(OCCC(F)(F)F)c1F. The average Bonchev–Trinajstić information content (AvgIpc) is 2.72. The number of amidine groups is 1. The van der Waals surface area contributed by atoms with Crippen LogP contribution in [0, 0.1) is 17.0 Å². The Labute approximate surface area is 181 Å². The van der Waals surface area contributed by atoms with E-state index in [1.165, 1.54) is 6.92 Å². The lowest BCUT2D eigenvalue weighted by atomic mass is 10.1. The van der Waals surface area contributed by atoms with Crippen LogP contribution in [-0.2, 0) is 16.1 Å². The molecule has 0 heterocycles. The lowest BCUT2D eigenvalue weighted by molar-refractivity contribution is -0.139. The highest BCUT2D eigenvalue weighted by molar-refractivity contribution is 5.94. The van der Waals surface area contributed by atoms with E-state index in [-0.39, 0.29) is 19.0 Å². The second-order valence-electron chi connectivity index (χ2n) is 6.65. The van der Waals surface area contributed by atoms with E-state index in [4.69, 9.17) is 20.6 Å². The maximum Gasteiger partial charge on any atom is 0.392 e. The largest absolute Gasteiger partial charge is 0.490 e. The van der Waals surface area contributed by atoms with E-state index in [0.29, 0.717) is 11.1 Å². The Morgan fingerprint density at radius 1 is 1.16 bits per heavy atom. The van der Waals surface area contributed by atoms with Crippen molar-refractivity contribution < 1.29 is 36.2 Å². The van der Waals surface area contributed by atoms with Gasteiger partial charge in [0, 0.05) is 18.7 Å². The minimum Gasteiger partial charge on any atom is -0.490 e. The van der Waals surface area contributed by atoms with Crippen LogP contribution in [-0.4, -0.2) is 31.1 Å². The maximum absolute atomic E-state index is 14.8. The quantitative estimate of drug-likeness (QED) is 0.285. The number of hydrogen-bond acceptors (Lipinski definition) is 4. The molecule has 2 aromatic carbocycles. The van der Waals surface area contributed by atoms with Gasteiger partial charge in [0.05, 0.1) is 18.6 Å². The fourth-order valence-electron chi connectivity index (χ4n) is 2.72. The summed E-state index contributed by atoms with van der Waals surface area (Å²) >= 11 is 0. The first-order valence-corrected chi connectivity index (χ1v) is 9.53. The molecule has 1 atom stereocenters. The number of alkyl halides is 3. The Hall–Kier alpha value is -3.21. The van der Waals surface area contributed by atoms with Gasteiger partial charge in [0.1, 0.15) is 11.7 Å². The van der Waals surface area contributed by atoms with E-state index in [1.807, 2.05) is 0 Å². The Kier molecular flexibility index (Phi) is 8.53. The molecule has 2 aromatic rings. The van der Waals surface area contributed by atoms with E-state index in [9.17, 15) is 26.7 Å². The van der Waals surface area contributed by atoms with E-state index >= 15 is 0 Å². The highest BCUT2D eigenvalue weighted by Crippen LogP contribution is 2.31. The van der Waals surface area contributed by atoms with Crippen LogP contribution < -0.4 is 15.8 Å². The average molecular weight is 459 g/mol. The fraction of sp³-hybridized carbons (Fsp3) is 0.333. The Bertz CT molecular complexity index is 949. The lowest BCUT2D eigenvalue weighted by Gasteiger charge is -2.20. The van der Waals surface area contributed by atoms with E-state index < -0.39 is 54.2 Å². The van der Waals surface area contributed by atoms with Crippen molar-refractivity contribution in [2.45, 2.75) is 32.2 Å². The van der Waals surface area contributed by atoms with E-state index in [2.05, 4.69) is 5.32 Å². The minimum atomic E-state index is -4.50. The molecule has 0 spiro atoms. The molecule has 1 amide bonds. The topological polar surface area (TPSA) is 97.4 Å². The molecular weight excluding hydrogens is 437 g/mol. The molecule has 0 saturated heterocycles. The van der Waals surface area contributed by atoms with Crippen LogP contribution in [0.4, 0.5) is 22.0 Å². The third kappa shape index (κ3) is 6.91. The standard InChI is InChI=1S/C21H22F5N3O3/c1-2-31-18(20(30)29-11-12-3-5-13(6-4-12)19(27)28)16-14(22)7-8-15(17(16)23)32-10-9-21(24,25)26/h3-8,18H,2,9-11H2,1H3,(H3,27,28)(H,29,30)/t18-/m0/s1. The Balaban J connectivity index is 2.18. The number of nitrogen functional groups attached to an aromatic ring is 1. The van der Waals surface area contributed by atoms with Gasteiger partial charge in [0.2, 0.25) is 0 Å². The molecule has 0 unspecified atom stereocenters. The normalized spacial score (nSPS) is 12.3. The summed E-state index contributed by atoms with van der Waals surface area (Å²) in [4.78, 5) is 12.6.